The van der Waals surface area contributed by atoms with Gasteiger partial charge in [-0.3, -0.25) is 0 Å². The van der Waals surface area contributed by atoms with Crippen LogP contribution in [0.2, 0.25) is 0 Å². The van der Waals surface area contributed by atoms with Crippen LogP contribution < -0.4 is 15.8 Å². The lowest BCUT2D eigenvalue weighted by molar-refractivity contribution is 0.150. The van der Waals surface area contributed by atoms with Gasteiger partial charge in [-0.25, -0.2) is 0 Å². The first-order chi connectivity index (χ1) is 12.2. The number of benzene rings is 2. The summed E-state index contributed by atoms with van der Waals surface area (Å²) >= 11 is 0. The molecule has 2 unspecified atom stereocenters. The molecule has 25 heavy (non-hydrogen) atoms. The molecule has 1 aliphatic carbocycles. The van der Waals surface area contributed by atoms with Gasteiger partial charge in [0.25, 0.3) is 0 Å². The molecule has 3 nitrogen and oxygen atoms in total. The Bertz CT molecular complexity index is 698. The SMILES string of the molecule is CNCC(Cc1cccc(N)c1)C(C)Oc1ccc2c(c1)CCCC2. The molecule has 0 radical (unpaired) electrons. The minimum Gasteiger partial charge on any atom is -0.490 e. The largest absolute Gasteiger partial charge is 0.490 e. The zero-order valence-electron chi connectivity index (χ0n) is 15.4. The Morgan fingerprint density at radius 2 is 1.88 bits per heavy atom. The predicted molar refractivity (Wildman–Crippen MR) is 105 cm³/mol. The van der Waals surface area contributed by atoms with Gasteiger partial charge in [-0.05, 0) is 87.0 Å². The highest BCUT2D eigenvalue weighted by Crippen LogP contribution is 2.27. The third-order valence-corrected chi connectivity index (χ3v) is 5.22. The van der Waals surface area contributed by atoms with Gasteiger partial charge in [-0.1, -0.05) is 18.2 Å². The first-order valence-electron chi connectivity index (χ1n) is 9.43. The average Bonchev–Trinajstić information content (AvgIpc) is 2.61. The van der Waals surface area contributed by atoms with Gasteiger partial charge in [-0.2, -0.15) is 0 Å². The van der Waals surface area contributed by atoms with Crippen molar-refractivity contribution in [2.24, 2.45) is 5.92 Å². The molecule has 0 heterocycles. The minimum absolute atomic E-state index is 0.135. The Morgan fingerprint density at radius 1 is 1.08 bits per heavy atom. The third kappa shape index (κ3) is 4.76. The molecule has 2 aromatic rings. The Kier molecular flexibility index (Phi) is 5.98. The van der Waals surface area contributed by atoms with Crippen LogP contribution in [0, 0.1) is 5.92 Å². The summed E-state index contributed by atoms with van der Waals surface area (Å²) in [5.74, 6) is 1.39. The minimum atomic E-state index is 0.135. The second-order valence-corrected chi connectivity index (χ2v) is 7.23. The molecule has 2 atom stereocenters. The fourth-order valence-electron chi connectivity index (χ4n) is 3.78. The molecule has 0 saturated carbocycles. The summed E-state index contributed by atoms with van der Waals surface area (Å²) in [7, 11) is 2.00. The molecule has 1 aliphatic rings. The van der Waals surface area contributed by atoms with Crippen LogP contribution in [0.4, 0.5) is 5.69 Å². The second-order valence-electron chi connectivity index (χ2n) is 7.23. The van der Waals surface area contributed by atoms with E-state index < -0.39 is 0 Å². The van der Waals surface area contributed by atoms with Crippen molar-refractivity contribution >= 4 is 5.69 Å². The topological polar surface area (TPSA) is 47.3 Å². The number of anilines is 1. The van der Waals surface area contributed by atoms with Crippen LogP contribution in [0.15, 0.2) is 42.5 Å². The summed E-state index contributed by atoms with van der Waals surface area (Å²) in [5.41, 5.74) is 11.0. The van der Waals surface area contributed by atoms with E-state index in [9.17, 15) is 0 Å². The Morgan fingerprint density at radius 3 is 2.64 bits per heavy atom. The van der Waals surface area contributed by atoms with Crippen LogP contribution in [0.1, 0.15) is 36.5 Å². The summed E-state index contributed by atoms with van der Waals surface area (Å²) in [6.07, 6.45) is 6.10. The number of hydrogen-bond acceptors (Lipinski definition) is 3. The van der Waals surface area contributed by atoms with Gasteiger partial charge in [0.15, 0.2) is 0 Å². The number of hydrogen-bond donors (Lipinski definition) is 2. The standard InChI is InChI=1S/C22H30N2O/c1-16(20(15-24-2)12-17-6-5-9-21(23)13-17)25-22-11-10-18-7-3-4-8-19(18)14-22/h5-6,9-11,13-14,16,20,24H,3-4,7-8,12,15,23H2,1-2H3. The van der Waals surface area contributed by atoms with Crippen molar-refractivity contribution in [2.75, 3.05) is 19.3 Å². The summed E-state index contributed by atoms with van der Waals surface area (Å²) in [4.78, 5) is 0. The highest BCUT2D eigenvalue weighted by atomic mass is 16.5. The van der Waals surface area contributed by atoms with Crippen LogP contribution in [0.25, 0.3) is 0 Å². The van der Waals surface area contributed by atoms with Crippen molar-refractivity contribution < 1.29 is 4.74 Å². The van der Waals surface area contributed by atoms with Gasteiger partial charge in [-0.15, -0.1) is 0 Å². The summed E-state index contributed by atoms with van der Waals surface area (Å²) < 4.78 is 6.33. The van der Waals surface area contributed by atoms with Crippen molar-refractivity contribution in [3.63, 3.8) is 0 Å². The van der Waals surface area contributed by atoms with E-state index >= 15 is 0 Å². The lowest BCUT2D eigenvalue weighted by Crippen LogP contribution is -2.33. The normalized spacial score (nSPS) is 16.1. The molecular formula is C22H30N2O. The lowest BCUT2D eigenvalue weighted by atomic mass is 9.91. The number of nitrogens with one attached hydrogen (secondary N) is 1. The Hall–Kier alpha value is -2.00. The van der Waals surface area contributed by atoms with Gasteiger partial charge >= 0.3 is 0 Å². The number of ether oxygens (including phenoxy) is 1. The van der Waals surface area contributed by atoms with E-state index in [1.807, 2.05) is 19.2 Å². The summed E-state index contributed by atoms with van der Waals surface area (Å²) in [6.45, 7) is 3.09. The van der Waals surface area contributed by atoms with E-state index in [4.69, 9.17) is 10.5 Å². The van der Waals surface area contributed by atoms with E-state index in [1.54, 1.807) is 0 Å². The quantitative estimate of drug-likeness (QED) is 0.750. The van der Waals surface area contributed by atoms with Crippen LogP contribution in [-0.4, -0.2) is 19.7 Å². The molecule has 3 rings (SSSR count). The molecule has 0 aliphatic heterocycles. The number of nitrogens with two attached hydrogens (primary N) is 1. The van der Waals surface area contributed by atoms with E-state index in [1.165, 1.54) is 42.4 Å². The highest BCUT2D eigenvalue weighted by Gasteiger charge is 2.20. The fraction of sp³-hybridized carbons (Fsp3) is 0.455. The molecule has 0 spiro atoms. The second kappa shape index (κ2) is 8.39. The molecular weight excluding hydrogens is 308 g/mol. The van der Waals surface area contributed by atoms with E-state index in [0.717, 1.165) is 24.4 Å². The van der Waals surface area contributed by atoms with Gasteiger partial charge < -0.3 is 15.8 Å². The van der Waals surface area contributed by atoms with E-state index in [2.05, 4.69) is 42.6 Å². The predicted octanol–water partition coefficient (Wildman–Crippen LogP) is 3.99. The Labute approximate surface area is 151 Å². The monoisotopic (exact) mass is 338 g/mol. The molecule has 0 saturated heterocycles. The first-order valence-corrected chi connectivity index (χ1v) is 9.43. The van der Waals surface area contributed by atoms with Crippen LogP contribution in [0.5, 0.6) is 5.75 Å². The molecule has 2 aromatic carbocycles. The maximum absolute atomic E-state index is 6.33. The molecule has 0 fully saturated rings. The first kappa shape index (κ1) is 17.8. The van der Waals surface area contributed by atoms with Crippen LogP contribution in [-0.2, 0) is 19.3 Å². The van der Waals surface area contributed by atoms with Crippen molar-refractivity contribution in [1.82, 2.24) is 5.32 Å². The molecule has 3 heteroatoms. The third-order valence-electron chi connectivity index (χ3n) is 5.22. The van der Waals surface area contributed by atoms with Gasteiger partial charge in [0.2, 0.25) is 0 Å². The molecule has 134 valence electrons. The fourth-order valence-corrected chi connectivity index (χ4v) is 3.78. The van der Waals surface area contributed by atoms with Gasteiger partial charge in [0, 0.05) is 18.2 Å². The molecule has 0 amide bonds. The lowest BCUT2D eigenvalue weighted by Gasteiger charge is -2.26. The van der Waals surface area contributed by atoms with Gasteiger partial charge in [0.1, 0.15) is 11.9 Å². The number of aryl methyl sites for hydroxylation is 2. The summed E-state index contributed by atoms with van der Waals surface area (Å²) in [5, 5.41) is 3.31. The van der Waals surface area contributed by atoms with E-state index in [0.29, 0.717) is 5.92 Å². The van der Waals surface area contributed by atoms with Crippen LogP contribution in [0.3, 0.4) is 0 Å². The number of fused-ring (bicyclic) bond motifs is 1. The van der Waals surface area contributed by atoms with Gasteiger partial charge in [0.05, 0.1) is 0 Å². The number of rotatable bonds is 7. The highest BCUT2D eigenvalue weighted by molar-refractivity contribution is 5.41. The zero-order valence-corrected chi connectivity index (χ0v) is 15.4. The average molecular weight is 338 g/mol. The molecule has 0 aromatic heterocycles. The zero-order chi connectivity index (χ0) is 17.6. The molecule has 0 bridgehead atoms. The van der Waals surface area contributed by atoms with Crippen LogP contribution >= 0.6 is 0 Å². The number of nitrogen functional groups attached to an aromatic ring is 1. The Balaban J connectivity index is 1.69. The van der Waals surface area contributed by atoms with E-state index in [-0.39, 0.29) is 6.10 Å². The van der Waals surface area contributed by atoms with Crippen molar-refractivity contribution in [3.05, 3.63) is 59.2 Å². The van der Waals surface area contributed by atoms with Crippen molar-refractivity contribution in [2.45, 2.75) is 45.1 Å². The van der Waals surface area contributed by atoms with Crippen molar-refractivity contribution in [3.8, 4) is 5.75 Å². The maximum atomic E-state index is 6.33. The summed E-state index contributed by atoms with van der Waals surface area (Å²) in [6, 6.07) is 14.8. The van der Waals surface area contributed by atoms with Crippen molar-refractivity contribution in [1.29, 1.82) is 0 Å². The maximum Gasteiger partial charge on any atom is 0.120 e. The molecule has 3 N–H and O–H groups in total. The smallest absolute Gasteiger partial charge is 0.120 e.